The van der Waals surface area contributed by atoms with E-state index in [0.717, 1.165) is 22.5 Å². The molecular formula is C30H31N5O4S. The van der Waals surface area contributed by atoms with Crippen molar-refractivity contribution in [2.75, 3.05) is 18.4 Å². The minimum absolute atomic E-state index is 0.0152. The summed E-state index contributed by atoms with van der Waals surface area (Å²) in [5.41, 5.74) is 3.21. The van der Waals surface area contributed by atoms with Crippen LogP contribution in [0.25, 0.3) is 0 Å². The molecule has 1 aliphatic heterocycles. The summed E-state index contributed by atoms with van der Waals surface area (Å²) in [5, 5.41) is 11.0. The standard InChI is InChI=1S/C30H31N5O4S/c1-22-13-16-25(17-14-22)40(38,39)35-21-24(32-33-35)15-18-27(30(37)34-19-7-8-20-34)26-11-5-6-12-28(26)31-29(36)23-9-3-2-4-10-23/h2-6,9-14,16-17,21,27H,7-8,15,18-20H2,1H3,(H,31,36). The van der Waals surface area contributed by atoms with Crippen molar-refractivity contribution in [1.29, 1.82) is 0 Å². The molecule has 0 radical (unpaired) electrons. The van der Waals surface area contributed by atoms with E-state index < -0.39 is 15.9 Å². The van der Waals surface area contributed by atoms with Gasteiger partial charge in [0.05, 0.1) is 22.7 Å². The smallest absolute Gasteiger partial charge is 0.284 e. The normalized spacial score (nSPS) is 14.2. The Balaban J connectivity index is 1.39. The van der Waals surface area contributed by atoms with E-state index in [1.54, 1.807) is 42.5 Å². The Hall–Kier alpha value is -4.31. The van der Waals surface area contributed by atoms with Gasteiger partial charge < -0.3 is 10.2 Å². The number of aryl methyl sites for hydroxylation is 2. The molecule has 0 spiro atoms. The van der Waals surface area contributed by atoms with Gasteiger partial charge in [-0.3, -0.25) is 9.59 Å². The van der Waals surface area contributed by atoms with Crippen LogP contribution < -0.4 is 5.32 Å². The molecule has 2 heterocycles. The molecule has 1 aliphatic rings. The quantitative estimate of drug-likeness (QED) is 0.326. The van der Waals surface area contributed by atoms with Gasteiger partial charge in [-0.1, -0.05) is 59.3 Å². The third-order valence-electron chi connectivity index (χ3n) is 7.11. The molecule has 3 aromatic carbocycles. The van der Waals surface area contributed by atoms with Gasteiger partial charge in [0, 0.05) is 24.3 Å². The first kappa shape index (κ1) is 27.3. The zero-order valence-electron chi connectivity index (χ0n) is 22.2. The van der Waals surface area contributed by atoms with Gasteiger partial charge in [0.2, 0.25) is 5.91 Å². The summed E-state index contributed by atoms with van der Waals surface area (Å²) in [7, 11) is -3.88. The second-order valence-corrected chi connectivity index (χ2v) is 11.7. The van der Waals surface area contributed by atoms with E-state index in [9.17, 15) is 18.0 Å². The Labute approximate surface area is 233 Å². The van der Waals surface area contributed by atoms with Crippen LogP contribution in [0.3, 0.4) is 0 Å². The van der Waals surface area contributed by atoms with Crippen LogP contribution in [0.4, 0.5) is 5.69 Å². The van der Waals surface area contributed by atoms with Gasteiger partial charge in [-0.2, -0.15) is 8.42 Å². The molecule has 1 saturated heterocycles. The number of para-hydroxylation sites is 1. The Kier molecular flexibility index (Phi) is 8.06. The van der Waals surface area contributed by atoms with E-state index in [4.69, 9.17) is 0 Å². The summed E-state index contributed by atoms with van der Waals surface area (Å²) in [4.78, 5) is 28.7. The van der Waals surface area contributed by atoms with Gasteiger partial charge in [-0.25, -0.2) is 0 Å². The van der Waals surface area contributed by atoms with E-state index in [1.807, 2.05) is 36.1 Å². The average molecular weight is 558 g/mol. The summed E-state index contributed by atoms with van der Waals surface area (Å²) in [6.07, 6.45) is 4.01. The molecule has 4 aromatic rings. The lowest BCUT2D eigenvalue weighted by molar-refractivity contribution is -0.131. The number of likely N-dealkylation sites (tertiary alicyclic amines) is 1. The monoisotopic (exact) mass is 557 g/mol. The van der Waals surface area contributed by atoms with Crippen LogP contribution in [-0.2, 0) is 21.2 Å². The van der Waals surface area contributed by atoms with Crippen LogP contribution in [0.15, 0.2) is 90.0 Å². The number of amides is 2. The lowest BCUT2D eigenvalue weighted by Crippen LogP contribution is -2.33. The molecule has 10 heteroatoms. The number of carbonyl (C=O) groups excluding carboxylic acids is 2. The minimum atomic E-state index is -3.88. The highest BCUT2D eigenvalue weighted by Crippen LogP contribution is 2.32. The molecule has 0 bridgehead atoms. The highest BCUT2D eigenvalue weighted by Gasteiger charge is 2.30. The van der Waals surface area contributed by atoms with Crippen molar-refractivity contribution in [2.24, 2.45) is 0 Å². The van der Waals surface area contributed by atoms with Gasteiger partial charge in [-0.15, -0.1) is 9.19 Å². The topological polar surface area (TPSA) is 114 Å². The molecule has 2 amide bonds. The summed E-state index contributed by atoms with van der Waals surface area (Å²) < 4.78 is 26.9. The van der Waals surface area contributed by atoms with Crippen molar-refractivity contribution in [3.63, 3.8) is 0 Å². The number of carbonyl (C=O) groups is 2. The molecule has 5 rings (SSSR count). The fraction of sp³-hybridized carbons (Fsp3) is 0.267. The maximum atomic E-state index is 13.7. The first-order chi connectivity index (χ1) is 19.3. The van der Waals surface area contributed by atoms with Crippen molar-refractivity contribution < 1.29 is 18.0 Å². The molecular weight excluding hydrogens is 526 g/mol. The molecule has 0 saturated carbocycles. The maximum Gasteiger partial charge on any atom is 0.284 e. The first-order valence-corrected chi connectivity index (χ1v) is 14.7. The van der Waals surface area contributed by atoms with Crippen LogP contribution in [0.5, 0.6) is 0 Å². The number of hydrogen-bond donors (Lipinski definition) is 1. The van der Waals surface area contributed by atoms with Crippen LogP contribution in [-0.4, -0.2) is 52.6 Å². The van der Waals surface area contributed by atoms with Crippen molar-refractivity contribution in [3.05, 3.63) is 107 Å². The van der Waals surface area contributed by atoms with Crippen LogP contribution in [0.1, 0.15) is 52.4 Å². The average Bonchev–Trinajstić information content (AvgIpc) is 3.68. The van der Waals surface area contributed by atoms with E-state index in [-0.39, 0.29) is 16.7 Å². The number of nitrogens with one attached hydrogen (secondary N) is 1. The van der Waals surface area contributed by atoms with Crippen molar-refractivity contribution >= 4 is 27.5 Å². The van der Waals surface area contributed by atoms with E-state index in [2.05, 4.69) is 15.6 Å². The summed E-state index contributed by atoms with van der Waals surface area (Å²) in [6, 6.07) is 22.8. The number of benzene rings is 3. The number of anilines is 1. The fourth-order valence-electron chi connectivity index (χ4n) is 4.89. The first-order valence-electron chi connectivity index (χ1n) is 13.3. The second-order valence-electron chi connectivity index (χ2n) is 9.93. The molecule has 40 heavy (non-hydrogen) atoms. The van der Waals surface area contributed by atoms with Gasteiger partial charge in [0.1, 0.15) is 0 Å². The second kappa shape index (κ2) is 11.8. The van der Waals surface area contributed by atoms with Crippen molar-refractivity contribution in [1.82, 2.24) is 19.3 Å². The van der Waals surface area contributed by atoms with E-state index >= 15 is 0 Å². The predicted octanol–water partition coefficient (Wildman–Crippen LogP) is 4.41. The Bertz CT molecular complexity index is 1590. The Morgan fingerprint density at radius 1 is 0.925 bits per heavy atom. The molecule has 1 atom stereocenters. The Morgan fingerprint density at radius 2 is 1.60 bits per heavy atom. The zero-order chi connectivity index (χ0) is 28.1. The molecule has 1 aromatic heterocycles. The van der Waals surface area contributed by atoms with Gasteiger partial charge in [0.25, 0.3) is 15.9 Å². The third kappa shape index (κ3) is 5.96. The van der Waals surface area contributed by atoms with E-state index in [1.165, 1.54) is 18.3 Å². The van der Waals surface area contributed by atoms with Crippen LogP contribution >= 0.6 is 0 Å². The number of hydrogen-bond acceptors (Lipinski definition) is 6. The predicted molar refractivity (Wildman–Crippen MR) is 151 cm³/mol. The lowest BCUT2D eigenvalue weighted by atomic mass is 9.90. The largest absolute Gasteiger partial charge is 0.342 e. The highest BCUT2D eigenvalue weighted by molar-refractivity contribution is 7.89. The van der Waals surface area contributed by atoms with Crippen molar-refractivity contribution in [2.45, 2.75) is 43.4 Å². The number of rotatable bonds is 9. The minimum Gasteiger partial charge on any atom is -0.342 e. The summed E-state index contributed by atoms with van der Waals surface area (Å²) in [5.74, 6) is -0.826. The molecule has 9 nitrogen and oxygen atoms in total. The van der Waals surface area contributed by atoms with Crippen LogP contribution in [0.2, 0.25) is 0 Å². The van der Waals surface area contributed by atoms with Gasteiger partial charge >= 0.3 is 0 Å². The molecule has 1 N–H and O–H groups in total. The van der Waals surface area contributed by atoms with Gasteiger partial charge in [-0.05, 0) is 68.5 Å². The number of nitrogens with zero attached hydrogens (tertiary/aromatic N) is 4. The molecule has 1 fully saturated rings. The summed E-state index contributed by atoms with van der Waals surface area (Å²) in [6.45, 7) is 3.27. The summed E-state index contributed by atoms with van der Waals surface area (Å²) >= 11 is 0. The van der Waals surface area contributed by atoms with Crippen LogP contribution in [0, 0.1) is 6.92 Å². The fourth-order valence-corrected chi connectivity index (χ4v) is 5.98. The zero-order valence-corrected chi connectivity index (χ0v) is 23.0. The van der Waals surface area contributed by atoms with E-state index in [0.29, 0.717) is 48.4 Å². The Morgan fingerprint density at radius 3 is 2.33 bits per heavy atom. The molecule has 1 unspecified atom stereocenters. The third-order valence-corrected chi connectivity index (χ3v) is 8.65. The lowest BCUT2D eigenvalue weighted by Gasteiger charge is -2.25. The number of aromatic nitrogens is 3. The maximum absolute atomic E-state index is 13.7. The SMILES string of the molecule is Cc1ccc(S(=O)(=O)n2cc(CCC(C(=O)N3CCCC3)c3ccccc3NC(=O)c3ccccc3)nn2)cc1. The molecule has 0 aliphatic carbocycles. The van der Waals surface area contributed by atoms with Crippen molar-refractivity contribution in [3.8, 4) is 0 Å². The van der Waals surface area contributed by atoms with Gasteiger partial charge in [0.15, 0.2) is 0 Å². The molecule has 206 valence electrons. The highest BCUT2D eigenvalue weighted by atomic mass is 32.2.